The zero-order chi connectivity index (χ0) is 39.9. The SMILES string of the molecule is c1ccc(C(c2ccccc2)c2ccc3c4c(cccc24)C24c5cccc6c(N(c7ccccc7)c7ccccc7)ccc(c56)C32c2cccc3sc5cccc4c5c23)cc1. The van der Waals surface area contributed by atoms with Crippen LogP contribution in [-0.2, 0) is 10.8 Å². The van der Waals surface area contributed by atoms with Crippen LogP contribution in [0.4, 0.5) is 17.1 Å². The topological polar surface area (TPSA) is 3.24 Å². The predicted molar refractivity (Wildman–Crippen MR) is 256 cm³/mol. The van der Waals surface area contributed by atoms with Crippen LogP contribution in [0.5, 0.6) is 0 Å². The smallest absolute Gasteiger partial charge is 0.0648 e. The first-order chi connectivity index (χ1) is 30.3. The van der Waals surface area contributed by atoms with Crippen molar-refractivity contribution in [2.24, 2.45) is 0 Å². The maximum absolute atomic E-state index is 2.55. The standard InChI is InChI=1S/C59H37NS/c1-5-17-37(18-6-1)53(38-19-7-2-8-20-38)42-33-34-48-54-41(42)25-13-27-44(54)58-45-28-14-26-43-50(60(39-21-9-3-10-22-39)40-23-11-4-12-24-40)36-35-49(55(43)45)59(48,58)47-30-16-32-52-57(47)56-46(58)29-15-31-51(56)61-52/h1-36,53H. The van der Waals surface area contributed by atoms with Gasteiger partial charge < -0.3 is 4.90 Å². The first-order valence-corrected chi connectivity index (χ1v) is 22.2. The van der Waals surface area contributed by atoms with E-state index in [4.69, 9.17) is 0 Å². The van der Waals surface area contributed by atoms with Crippen molar-refractivity contribution < 1.29 is 0 Å². The minimum atomic E-state index is -0.505. The van der Waals surface area contributed by atoms with Crippen LogP contribution < -0.4 is 4.90 Å². The third-order valence-electron chi connectivity index (χ3n) is 14.4. The van der Waals surface area contributed by atoms with Gasteiger partial charge in [-0.1, -0.05) is 176 Å². The number of rotatable bonds is 6. The molecule has 0 amide bonds. The van der Waals surface area contributed by atoms with E-state index in [1.165, 1.54) is 97.5 Å². The Balaban J connectivity index is 1.15. The molecule has 2 atom stereocenters. The summed E-state index contributed by atoms with van der Waals surface area (Å²) in [7, 11) is 0. The molecule has 0 saturated carbocycles. The average Bonchev–Trinajstić information content (AvgIpc) is 3.94. The lowest BCUT2D eigenvalue weighted by atomic mass is 9.51. The van der Waals surface area contributed by atoms with Gasteiger partial charge in [-0.15, -0.1) is 11.3 Å². The van der Waals surface area contributed by atoms with Crippen molar-refractivity contribution in [3.05, 3.63) is 268 Å². The third-order valence-corrected chi connectivity index (χ3v) is 15.6. The monoisotopic (exact) mass is 791 g/mol. The first kappa shape index (κ1) is 33.6. The second-order valence-electron chi connectivity index (χ2n) is 17.0. The molecule has 0 bridgehead atoms. The Morgan fingerprint density at radius 2 is 0.738 bits per heavy atom. The summed E-state index contributed by atoms with van der Waals surface area (Å²) in [5.74, 6) is 0.0810. The van der Waals surface area contributed by atoms with Crippen LogP contribution in [0.15, 0.2) is 218 Å². The zero-order valence-electron chi connectivity index (χ0n) is 33.2. The van der Waals surface area contributed by atoms with Crippen LogP contribution in [-0.4, -0.2) is 0 Å². The maximum Gasteiger partial charge on any atom is 0.0648 e. The van der Waals surface area contributed by atoms with Crippen LogP contribution in [0, 0.1) is 0 Å². The van der Waals surface area contributed by atoms with E-state index in [0.29, 0.717) is 0 Å². The van der Waals surface area contributed by atoms with Crippen LogP contribution in [0.25, 0.3) is 41.7 Å². The summed E-state index contributed by atoms with van der Waals surface area (Å²) in [5.41, 5.74) is 14.9. The summed E-state index contributed by atoms with van der Waals surface area (Å²) in [5, 5.41) is 8.24. The molecule has 0 saturated heterocycles. The molecule has 2 unspecified atom stereocenters. The highest BCUT2D eigenvalue weighted by atomic mass is 32.1. The van der Waals surface area contributed by atoms with Crippen molar-refractivity contribution in [1.82, 2.24) is 0 Å². The van der Waals surface area contributed by atoms with E-state index in [1.807, 2.05) is 11.3 Å². The minimum Gasteiger partial charge on any atom is -0.310 e. The van der Waals surface area contributed by atoms with E-state index in [-0.39, 0.29) is 5.92 Å². The van der Waals surface area contributed by atoms with Crippen molar-refractivity contribution in [2.45, 2.75) is 16.7 Å². The molecule has 1 aromatic heterocycles. The summed E-state index contributed by atoms with van der Waals surface area (Å²) in [6, 6.07) is 82.6. The van der Waals surface area contributed by atoms with Gasteiger partial charge in [0.05, 0.1) is 16.5 Å². The zero-order valence-corrected chi connectivity index (χ0v) is 34.0. The molecule has 14 rings (SSSR count). The first-order valence-electron chi connectivity index (χ1n) is 21.4. The highest BCUT2D eigenvalue weighted by Crippen LogP contribution is 2.75. The number of para-hydroxylation sites is 2. The van der Waals surface area contributed by atoms with E-state index < -0.39 is 10.8 Å². The van der Waals surface area contributed by atoms with E-state index in [1.54, 1.807) is 0 Å². The molecule has 0 N–H and O–H groups in total. The highest BCUT2D eigenvalue weighted by molar-refractivity contribution is 7.25. The Labute approximate surface area is 358 Å². The molecule has 0 fully saturated rings. The molecule has 3 aliphatic rings. The summed E-state index contributed by atoms with van der Waals surface area (Å²) < 4.78 is 2.73. The van der Waals surface area contributed by atoms with Gasteiger partial charge in [-0.2, -0.15) is 0 Å². The average molecular weight is 792 g/mol. The number of hydrogen-bond donors (Lipinski definition) is 0. The molecule has 61 heavy (non-hydrogen) atoms. The molecule has 1 nitrogen and oxygen atoms in total. The maximum atomic E-state index is 2.55. The van der Waals surface area contributed by atoms with E-state index >= 15 is 0 Å². The minimum absolute atomic E-state index is 0.0810. The van der Waals surface area contributed by atoms with E-state index in [2.05, 4.69) is 223 Å². The van der Waals surface area contributed by atoms with Crippen LogP contribution in [0.2, 0.25) is 0 Å². The Morgan fingerprint density at radius 3 is 1.26 bits per heavy atom. The van der Waals surface area contributed by atoms with Crippen LogP contribution in [0.3, 0.4) is 0 Å². The lowest BCUT2D eigenvalue weighted by Gasteiger charge is -2.48. The fourth-order valence-electron chi connectivity index (χ4n) is 12.5. The summed E-state index contributed by atoms with van der Waals surface area (Å²) in [6.45, 7) is 0. The Hall–Kier alpha value is -7.26. The Kier molecular flexibility index (Phi) is 6.69. The van der Waals surface area contributed by atoms with E-state index in [0.717, 1.165) is 11.4 Å². The highest BCUT2D eigenvalue weighted by Gasteiger charge is 2.68. The normalized spacial score (nSPS) is 17.8. The van der Waals surface area contributed by atoms with Crippen molar-refractivity contribution in [3.8, 4) is 0 Å². The van der Waals surface area contributed by atoms with Crippen molar-refractivity contribution >= 4 is 70.1 Å². The molecule has 10 aromatic carbocycles. The molecule has 2 heteroatoms. The largest absolute Gasteiger partial charge is 0.310 e. The molecule has 1 heterocycles. The molecule has 11 aromatic rings. The predicted octanol–water partition coefficient (Wildman–Crippen LogP) is 15.3. The quantitative estimate of drug-likeness (QED) is 0.152. The van der Waals surface area contributed by atoms with Gasteiger partial charge in [0.25, 0.3) is 0 Å². The van der Waals surface area contributed by atoms with Gasteiger partial charge in [0, 0.05) is 42.9 Å². The van der Waals surface area contributed by atoms with Crippen molar-refractivity contribution in [1.29, 1.82) is 0 Å². The number of anilines is 3. The van der Waals surface area contributed by atoms with Crippen molar-refractivity contribution in [2.75, 3.05) is 4.90 Å². The van der Waals surface area contributed by atoms with Gasteiger partial charge in [0.15, 0.2) is 0 Å². The summed E-state index contributed by atoms with van der Waals surface area (Å²) >= 11 is 1.94. The summed E-state index contributed by atoms with van der Waals surface area (Å²) in [4.78, 5) is 2.45. The van der Waals surface area contributed by atoms with Gasteiger partial charge in [-0.05, 0) is 109 Å². The second-order valence-corrected chi connectivity index (χ2v) is 18.1. The molecule has 0 spiro atoms. The number of nitrogens with zero attached hydrogens (tertiary/aromatic N) is 1. The van der Waals surface area contributed by atoms with Gasteiger partial charge in [0.2, 0.25) is 0 Å². The van der Waals surface area contributed by atoms with Gasteiger partial charge in [-0.25, -0.2) is 0 Å². The lowest BCUT2D eigenvalue weighted by Crippen LogP contribution is -2.47. The van der Waals surface area contributed by atoms with Gasteiger partial charge in [-0.3, -0.25) is 0 Å². The van der Waals surface area contributed by atoms with Gasteiger partial charge >= 0.3 is 0 Å². The molecule has 0 aliphatic heterocycles. The Morgan fingerprint density at radius 1 is 0.328 bits per heavy atom. The van der Waals surface area contributed by atoms with E-state index in [9.17, 15) is 0 Å². The lowest BCUT2D eigenvalue weighted by molar-refractivity contribution is 0.469. The molecule has 0 radical (unpaired) electrons. The third kappa shape index (κ3) is 4.02. The van der Waals surface area contributed by atoms with Gasteiger partial charge in [0.1, 0.15) is 0 Å². The fraction of sp³-hybridized carbons (Fsp3) is 0.0508. The number of hydrogen-bond acceptors (Lipinski definition) is 2. The Bertz CT molecular complexity index is 3250. The number of benzene rings is 10. The second kappa shape index (κ2) is 12.2. The van der Waals surface area contributed by atoms with Crippen molar-refractivity contribution in [3.63, 3.8) is 0 Å². The summed E-state index contributed by atoms with van der Waals surface area (Å²) in [6.07, 6.45) is 0. The molecule has 284 valence electrons. The molecule has 3 aliphatic carbocycles. The van der Waals surface area contributed by atoms with Crippen LogP contribution in [0.1, 0.15) is 56.0 Å². The van der Waals surface area contributed by atoms with Crippen LogP contribution >= 0.6 is 11.3 Å². The molecular formula is C59H37NS. The fourth-order valence-corrected chi connectivity index (χ4v) is 13.7. The molecular weight excluding hydrogens is 755 g/mol. The number of thiophene rings is 1.